The molecule has 4 nitrogen and oxygen atoms in total. The first-order valence-corrected chi connectivity index (χ1v) is 6.13. The van der Waals surface area contributed by atoms with Gasteiger partial charge < -0.3 is 10.2 Å². The molecule has 1 aromatic heterocycles. The normalized spacial score (nSPS) is 10.8. The van der Waals surface area contributed by atoms with Gasteiger partial charge in [-0.3, -0.25) is 0 Å². The van der Waals surface area contributed by atoms with E-state index in [1.54, 1.807) is 0 Å². The molecule has 0 saturated carbocycles. The summed E-state index contributed by atoms with van der Waals surface area (Å²) in [5.74, 6) is -0.204. The number of aryl methyl sites for hydroxylation is 2. The molecule has 0 aliphatic heterocycles. The van der Waals surface area contributed by atoms with Gasteiger partial charge in [-0.2, -0.15) is 9.49 Å². The Morgan fingerprint density at radius 1 is 1.39 bits per heavy atom. The molecule has 18 heavy (non-hydrogen) atoms. The number of halogens is 2. The van der Waals surface area contributed by atoms with Crippen LogP contribution in [0.25, 0.3) is 0 Å². The van der Waals surface area contributed by atoms with Crippen LogP contribution in [0.15, 0.2) is 0 Å². The van der Waals surface area contributed by atoms with Crippen LogP contribution in [0.2, 0.25) is 0 Å². The second-order valence-electron chi connectivity index (χ2n) is 4.50. The van der Waals surface area contributed by atoms with Crippen LogP contribution in [-0.2, 0) is 13.1 Å². The van der Waals surface area contributed by atoms with Crippen LogP contribution in [-0.4, -0.2) is 41.9 Å². The minimum absolute atomic E-state index is 0. The van der Waals surface area contributed by atoms with E-state index >= 15 is 0 Å². The summed E-state index contributed by atoms with van der Waals surface area (Å²) >= 11 is 0. The number of hydrogen-bond donors (Lipinski definition) is 1. The van der Waals surface area contributed by atoms with Crippen LogP contribution >= 0.6 is 12.4 Å². The summed E-state index contributed by atoms with van der Waals surface area (Å²) in [4.78, 5) is 2.14. The number of nitrogens with one attached hydrogen (secondary N) is 1. The third-order valence-corrected chi connectivity index (χ3v) is 2.74. The van der Waals surface area contributed by atoms with E-state index in [0.717, 1.165) is 25.2 Å². The van der Waals surface area contributed by atoms with Crippen LogP contribution in [0.4, 0.5) is 4.39 Å². The monoisotopic (exact) mass is 278 g/mol. The minimum atomic E-state index is -0.204. The average molecular weight is 279 g/mol. The molecule has 1 aromatic rings. The van der Waals surface area contributed by atoms with Crippen molar-refractivity contribution in [3.8, 4) is 0 Å². The predicted molar refractivity (Wildman–Crippen MR) is 74.7 cm³/mol. The fraction of sp³-hybridized carbons (Fsp3) is 0.750. The van der Waals surface area contributed by atoms with Gasteiger partial charge in [0.15, 0.2) is 0 Å². The summed E-state index contributed by atoms with van der Waals surface area (Å²) < 4.78 is 15.2. The third-order valence-electron chi connectivity index (χ3n) is 2.74. The first kappa shape index (κ1) is 17.4. The summed E-state index contributed by atoms with van der Waals surface area (Å²) in [5.41, 5.74) is 1.47. The Labute approximate surface area is 115 Å². The standard InChI is InChI=1S/C12H23FN4.ClH/c1-5-17-12(13)11(10(2)15-17)9-14-7-6-8-16(3)4;/h14H,5-9H2,1-4H3;1H. The smallest absolute Gasteiger partial charge is 0.216 e. The molecule has 0 radical (unpaired) electrons. The van der Waals surface area contributed by atoms with Gasteiger partial charge in [-0.05, 0) is 47.5 Å². The lowest BCUT2D eigenvalue weighted by Gasteiger charge is -2.09. The topological polar surface area (TPSA) is 33.1 Å². The van der Waals surface area contributed by atoms with E-state index in [-0.39, 0.29) is 18.4 Å². The van der Waals surface area contributed by atoms with E-state index in [2.05, 4.69) is 29.4 Å². The van der Waals surface area contributed by atoms with E-state index in [1.807, 2.05) is 13.8 Å². The molecule has 0 saturated heterocycles. The molecular weight excluding hydrogens is 255 g/mol. The van der Waals surface area contributed by atoms with E-state index in [0.29, 0.717) is 18.7 Å². The Kier molecular flexibility index (Phi) is 8.15. The first-order chi connectivity index (χ1) is 8.06. The Morgan fingerprint density at radius 3 is 2.56 bits per heavy atom. The number of hydrogen-bond acceptors (Lipinski definition) is 3. The van der Waals surface area contributed by atoms with Crippen LogP contribution in [0.5, 0.6) is 0 Å². The molecule has 0 bridgehead atoms. The highest BCUT2D eigenvalue weighted by Gasteiger charge is 2.12. The second-order valence-corrected chi connectivity index (χ2v) is 4.50. The maximum atomic E-state index is 13.8. The third kappa shape index (κ3) is 4.92. The predicted octanol–water partition coefficient (Wildman–Crippen LogP) is 1.81. The van der Waals surface area contributed by atoms with Crippen LogP contribution < -0.4 is 5.32 Å². The first-order valence-electron chi connectivity index (χ1n) is 6.13. The summed E-state index contributed by atoms with van der Waals surface area (Å²) in [5, 5.41) is 7.41. The van der Waals surface area contributed by atoms with Gasteiger partial charge in [0.2, 0.25) is 5.95 Å². The molecule has 1 rings (SSSR count). The quantitative estimate of drug-likeness (QED) is 0.773. The fourth-order valence-corrected chi connectivity index (χ4v) is 1.73. The zero-order chi connectivity index (χ0) is 12.8. The number of aromatic nitrogens is 2. The molecule has 0 aliphatic rings. The molecular formula is C12H24ClFN4. The van der Waals surface area contributed by atoms with Crippen LogP contribution in [0.1, 0.15) is 24.6 Å². The molecule has 0 atom stereocenters. The lowest BCUT2D eigenvalue weighted by atomic mass is 10.2. The fourth-order valence-electron chi connectivity index (χ4n) is 1.73. The van der Waals surface area contributed by atoms with Crippen molar-refractivity contribution in [2.45, 2.75) is 33.4 Å². The summed E-state index contributed by atoms with van der Waals surface area (Å²) in [6.45, 7) is 6.82. The SMILES string of the molecule is CCn1nc(C)c(CNCCCN(C)C)c1F.Cl. The Hall–Kier alpha value is -0.650. The number of nitrogens with zero attached hydrogens (tertiary/aromatic N) is 3. The molecule has 0 spiro atoms. The van der Waals surface area contributed by atoms with Crippen molar-refractivity contribution in [1.82, 2.24) is 20.0 Å². The van der Waals surface area contributed by atoms with Crippen molar-refractivity contribution >= 4 is 12.4 Å². The van der Waals surface area contributed by atoms with Gasteiger partial charge in [0.1, 0.15) is 0 Å². The molecule has 0 fully saturated rings. The molecule has 1 heterocycles. The Bertz CT molecular complexity index is 352. The highest BCUT2D eigenvalue weighted by atomic mass is 35.5. The maximum absolute atomic E-state index is 13.8. The van der Waals surface area contributed by atoms with Gasteiger partial charge in [0, 0.05) is 18.7 Å². The molecule has 6 heteroatoms. The van der Waals surface area contributed by atoms with Crippen LogP contribution in [0, 0.1) is 12.9 Å². The van der Waals surface area contributed by atoms with E-state index < -0.39 is 0 Å². The van der Waals surface area contributed by atoms with Gasteiger partial charge in [-0.1, -0.05) is 0 Å². The summed E-state index contributed by atoms with van der Waals surface area (Å²) in [6, 6.07) is 0. The molecule has 106 valence electrons. The molecule has 1 N–H and O–H groups in total. The highest BCUT2D eigenvalue weighted by molar-refractivity contribution is 5.85. The Morgan fingerprint density at radius 2 is 2.06 bits per heavy atom. The van der Waals surface area contributed by atoms with Crippen molar-refractivity contribution in [1.29, 1.82) is 0 Å². The zero-order valence-electron chi connectivity index (χ0n) is 11.7. The lowest BCUT2D eigenvalue weighted by molar-refractivity contribution is 0.393. The van der Waals surface area contributed by atoms with Gasteiger partial charge in [-0.15, -0.1) is 12.4 Å². The van der Waals surface area contributed by atoms with Crippen molar-refractivity contribution in [2.24, 2.45) is 0 Å². The Balaban J connectivity index is 0.00000289. The molecule has 0 unspecified atom stereocenters. The van der Waals surface area contributed by atoms with E-state index in [9.17, 15) is 4.39 Å². The average Bonchev–Trinajstić information content (AvgIpc) is 2.54. The van der Waals surface area contributed by atoms with Gasteiger partial charge in [0.05, 0.1) is 5.69 Å². The number of rotatable bonds is 7. The zero-order valence-corrected chi connectivity index (χ0v) is 12.5. The van der Waals surface area contributed by atoms with Crippen molar-refractivity contribution in [2.75, 3.05) is 27.2 Å². The van der Waals surface area contributed by atoms with Gasteiger partial charge in [-0.25, -0.2) is 4.68 Å². The second kappa shape index (κ2) is 8.45. The maximum Gasteiger partial charge on any atom is 0.216 e. The molecule has 0 aliphatic carbocycles. The van der Waals surface area contributed by atoms with Gasteiger partial charge in [0.25, 0.3) is 0 Å². The molecule has 0 aromatic carbocycles. The van der Waals surface area contributed by atoms with Crippen molar-refractivity contribution in [3.05, 3.63) is 17.2 Å². The van der Waals surface area contributed by atoms with Gasteiger partial charge >= 0.3 is 0 Å². The van der Waals surface area contributed by atoms with E-state index in [4.69, 9.17) is 0 Å². The van der Waals surface area contributed by atoms with Crippen LogP contribution in [0.3, 0.4) is 0 Å². The largest absolute Gasteiger partial charge is 0.312 e. The van der Waals surface area contributed by atoms with Crippen molar-refractivity contribution in [3.63, 3.8) is 0 Å². The van der Waals surface area contributed by atoms with E-state index in [1.165, 1.54) is 4.68 Å². The minimum Gasteiger partial charge on any atom is -0.312 e. The molecule has 0 amide bonds. The summed E-state index contributed by atoms with van der Waals surface area (Å²) in [7, 11) is 4.10. The highest BCUT2D eigenvalue weighted by Crippen LogP contribution is 2.11. The van der Waals surface area contributed by atoms with Crippen molar-refractivity contribution < 1.29 is 4.39 Å². The lowest BCUT2D eigenvalue weighted by Crippen LogP contribution is -2.21. The summed E-state index contributed by atoms with van der Waals surface area (Å²) in [6.07, 6.45) is 1.07.